The van der Waals surface area contributed by atoms with Crippen LogP contribution in [0.1, 0.15) is 155 Å². The molecule has 4 aliphatic carbocycles. The number of benzene rings is 2. The number of para-hydroxylation sites is 1. The van der Waals surface area contributed by atoms with Crippen LogP contribution in [0, 0.1) is 35.0 Å². The van der Waals surface area contributed by atoms with Crippen LogP contribution in [0.4, 0.5) is 20.5 Å². The number of carboxylic acids is 1. The third-order valence-electron chi connectivity index (χ3n) is 20.5. The summed E-state index contributed by atoms with van der Waals surface area (Å²) in [6.45, 7) is 11.7. The van der Waals surface area contributed by atoms with Gasteiger partial charge in [0.2, 0.25) is 5.91 Å². The summed E-state index contributed by atoms with van der Waals surface area (Å²) in [5.41, 5.74) is 8.64. The largest absolute Gasteiger partial charge is 0.476 e. The number of unbranched alkanes of at least 4 members (excludes halogenated alkanes) is 2. The highest BCUT2D eigenvalue weighted by atomic mass is 32.2. The van der Waals surface area contributed by atoms with E-state index in [2.05, 4.69) is 39.8 Å². The second-order valence-corrected chi connectivity index (χ2v) is 31.9. The molecule has 2 unspecified atom stereocenters. The predicted molar refractivity (Wildman–Crippen MR) is 377 cm³/mol. The minimum absolute atomic E-state index is 0.0358. The molecule has 4 aromatic heterocycles. The molecule has 6 aliphatic rings. The second-order valence-electron chi connectivity index (χ2n) is 29.3. The van der Waals surface area contributed by atoms with Crippen molar-refractivity contribution in [2.24, 2.45) is 33.8 Å². The van der Waals surface area contributed by atoms with Gasteiger partial charge in [-0.05, 0) is 129 Å². The van der Waals surface area contributed by atoms with Crippen LogP contribution in [0.3, 0.4) is 0 Å². The molecule has 6 aromatic rings. The molecule has 544 valence electrons. The Balaban J connectivity index is 0.694. The van der Waals surface area contributed by atoms with E-state index >= 15 is 0 Å². The van der Waals surface area contributed by atoms with Gasteiger partial charge in [-0.15, -0.1) is 0 Å². The number of hydrogen-bond acceptors (Lipinski definition) is 19. The number of carbonyl (C=O) groups is 9. The molecule has 7 amide bonds. The van der Waals surface area contributed by atoms with E-state index in [0.29, 0.717) is 90.6 Å². The number of amides is 7. The third-order valence-corrected chi connectivity index (χ3v) is 22.1. The lowest BCUT2D eigenvalue weighted by Gasteiger charge is -2.69. The van der Waals surface area contributed by atoms with Gasteiger partial charge in [-0.2, -0.15) is 13.5 Å². The van der Waals surface area contributed by atoms with E-state index in [0.717, 1.165) is 52.9 Å². The zero-order chi connectivity index (χ0) is 72.9. The molecule has 28 nitrogen and oxygen atoms in total. The van der Waals surface area contributed by atoms with Crippen molar-refractivity contribution in [1.29, 1.82) is 0 Å². The minimum Gasteiger partial charge on any atom is -0.476 e. The van der Waals surface area contributed by atoms with Crippen LogP contribution in [0.15, 0.2) is 85.3 Å². The van der Waals surface area contributed by atoms with Crippen LogP contribution in [-0.4, -0.2) is 167 Å². The van der Waals surface area contributed by atoms with Gasteiger partial charge in [0.15, 0.2) is 22.3 Å². The lowest BCUT2D eigenvalue weighted by molar-refractivity contribution is -0.248. The number of nitrogens with one attached hydrogen (secondary N) is 3. The molecule has 2 aliphatic heterocycles. The number of hydrogen-bond donors (Lipinski definition) is 6. The first kappa shape index (κ1) is 73.9. The summed E-state index contributed by atoms with van der Waals surface area (Å²) >= 11 is 1.37. The van der Waals surface area contributed by atoms with E-state index in [9.17, 15) is 61.2 Å². The number of primary amides is 1. The number of nitrogens with zero attached hydrogens (tertiary/aromatic N) is 9. The van der Waals surface area contributed by atoms with Crippen molar-refractivity contribution in [3.63, 3.8) is 0 Å². The lowest BCUT2D eigenvalue weighted by atomic mass is 9.39. The number of pyridine rings is 1. The second kappa shape index (κ2) is 30.7. The standard InChI is InChI=1S/C72H89N13O15S2/c1-45(2)51(33-49(86)12-7-6-10-25-84-59(88)22-23-60(84)89)63(90)77-53(14-11-24-74-66(73)94)56(87)32-47-16-18-48(19-17-47)36-99-68(95)81(29-31-102(96,97)98)28-30-100-72-40-69(4)37-70(5,41-72)39-71(38-69,42-72)43-85-46(3)52(34-76-85)50-20-21-58(79-61(50)65(92)93)82-26-27-83-44-75-62(55(83)35-82)64(91)80-67-78-54-13-8-9-15-57(54)101-67/h8-9,13,15-23,34,44-45,51,53H,6-7,10-12,14,24-33,35-43H2,1-5H3,(H,77,90)(H,92,93)(H3,73,74,94)(H,78,80,91)(H,96,97,98)/t51-,53-,69?,70?,71?,72?/m0/s1. The number of imidazole rings is 1. The molecule has 4 fully saturated rings. The van der Waals surface area contributed by atoms with Gasteiger partial charge in [0, 0.05) is 100.0 Å². The van der Waals surface area contributed by atoms with Gasteiger partial charge < -0.3 is 45.3 Å². The summed E-state index contributed by atoms with van der Waals surface area (Å²) in [6, 6.07) is 16.2. The third kappa shape index (κ3) is 17.8. The van der Waals surface area contributed by atoms with Gasteiger partial charge in [0.1, 0.15) is 18.2 Å². The molecule has 30 heteroatoms. The highest BCUT2D eigenvalue weighted by molar-refractivity contribution is 7.85. The molecular weight excluding hydrogens is 1350 g/mol. The number of carbonyl (C=O) groups excluding carboxylic acids is 8. The van der Waals surface area contributed by atoms with Crippen LogP contribution in [0.5, 0.6) is 0 Å². The number of carboxylic acid groups (broad SMARTS) is 1. The summed E-state index contributed by atoms with van der Waals surface area (Å²) < 4.78 is 51.6. The van der Waals surface area contributed by atoms with Crippen LogP contribution in [0.2, 0.25) is 0 Å². The predicted octanol–water partition coefficient (Wildman–Crippen LogP) is 8.45. The van der Waals surface area contributed by atoms with Crippen molar-refractivity contribution in [3.8, 4) is 11.1 Å². The first-order valence-corrected chi connectivity index (χ1v) is 37.1. The number of Topliss-reactive ketones (excluding diaryl/α,β-unsaturated/α-hetero) is 2. The summed E-state index contributed by atoms with van der Waals surface area (Å²) in [5, 5.41) is 24.4. The Morgan fingerprint density at radius 3 is 2.25 bits per heavy atom. The molecule has 0 saturated heterocycles. The molecule has 102 heavy (non-hydrogen) atoms. The summed E-state index contributed by atoms with van der Waals surface area (Å²) in [4.78, 5) is 135. The maximum absolute atomic E-state index is 14.0. The molecule has 6 heterocycles. The Morgan fingerprint density at radius 2 is 1.56 bits per heavy atom. The number of thiazole rings is 1. The average Bonchev–Trinajstić information content (AvgIpc) is 0.820. The van der Waals surface area contributed by atoms with E-state index in [1.807, 2.05) is 59.2 Å². The number of rotatable bonds is 34. The minimum atomic E-state index is -4.50. The van der Waals surface area contributed by atoms with Crippen LogP contribution < -0.4 is 26.6 Å². The summed E-state index contributed by atoms with van der Waals surface area (Å²) in [7, 11) is -4.50. The molecule has 7 N–H and O–H groups in total. The van der Waals surface area contributed by atoms with Gasteiger partial charge in [0.25, 0.3) is 27.8 Å². The Labute approximate surface area is 595 Å². The highest BCUT2D eigenvalue weighted by Gasteiger charge is 2.66. The van der Waals surface area contributed by atoms with Crippen molar-refractivity contribution < 1.29 is 70.7 Å². The van der Waals surface area contributed by atoms with Crippen LogP contribution in [0.25, 0.3) is 21.3 Å². The smallest absolute Gasteiger partial charge is 0.410 e. The molecule has 4 saturated carbocycles. The molecule has 4 atom stereocenters. The number of urea groups is 1. The highest BCUT2D eigenvalue weighted by Crippen LogP contribution is 2.72. The lowest BCUT2D eigenvalue weighted by Crippen LogP contribution is -2.64. The van der Waals surface area contributed by atoms with Gasteiger partial charge in [-0.1, -0.05) is 81.9 Å². The fourth-order valence-electron chi connectivity index (χ4n) is 16.8. The Bertz CT molecular complexity index is 4290. The van der Waals surface area contributed by atoms with Crippen molar-refractivity contribution in [2.45, 2.75) is 162 Å². The van der Waals surface area contributed by atoms with Gasteiger partial charge in [0.05, 0.1) is 59.0 Å². The Morgan fingerprint density at radius 1 is 0.833 bits per heavy atom. The number of nitrogens with two attached hydrogens (primary N) is 1. The number of aromatic nitrogens is 6. The molecule has 4 bridgehead atoms. The van der Waals surface area contributed by atoms with Gasteiger partial charge in [-0.3, -0.25) is 48.2 Å². The molecular formula is C72H89N13O15S2. The normalized spacial score (nSPS) is 21.1. The number of ketones is 2. The summed E-state index contributed by atoms with van der Waals surface area (Å²) in [6.07, 6.45) is 12.1. The van der Waals surface area contributed by atoms with E-state index < -0.39 is 63.3 Å². The van der Waals surface area contributed by atoms with E-state index in [-0.39, 0.29) is 129 Å². The zero-order valence-corrected chi connectivity index (χ0v) is 59.7. The van der Waals surface area contributed by atoms with Crippen molar-refractivity contribution in [1.82, 2.24) is 49.7 Å². The molecule has 0 radical (unpaired) electrons. The monoisotopic (exact) mass is 1440 g/mol. The topological polar surface area (TPSA) is 380 Å². The number of ether oxygens (including phenoxy) is 2. The van der Waals surface area contributed by atoms with Crippen molar-refractivity contribution >= 4 is 95.9 Å². The van der Waals surface area contributed by atoms with Crippen LogP contribution >= 0.6 is 11.3 Å². The quantitative estimate of drug-likeness (QED) is 0.0125. The SMILES string of the molecule is Cc1c(-c2ccc(N3CCn4cnc(C(=O)Nc5nc6ccccc6s5)c4C3)nc2C(=O)O)cnn1CC12CC3(C)CC(C)(C1)CC(OCCN(CCS(=O)(=O)O)C(=O)OCc1ccc(CC(=O)[C@H](CCCNC(N)=O)NC(=O)[C@@H](CC(=O)CCCCCN4C(=O)C=CC4=O)C(C)C)cc1)(C3)C2. The molecule has 2 aromatic carbocycles. The van der Waals surface area contributed by atoms with Crippen molar-refractivity contribution in [3.05, 3.63) is 119 Å². The van der Waals surface area contributed by atoms with Gasteiger partial charge >= 0.3 is 18.1 Å². The summed E-state index contributed by atoms with van der Waals surface area (Å²) in [5.74, 6) is -4.55. The van der Waals surface area contributed by atoms with Crippen molar-refractivity contribution in [2.75, 3.05) is 55.3 Å². The first-order valence-electron chi connectivity index (χ1n) is 34.7. The fraction of sp³-hybridized carbons (Fsp3) is 0.514. The first-order chi connectivity index (χ1) is 48.5. The van der Waals surface area contributed by atoms with E-state index in [4.69, 9.17) is 25.3 Å². The number of aromatic carboxylic acids is 1. The Hall–Kier alpha value is -9.26. The maximum atomic E-state index is 14.0. The van der Waals surface area contributed by atoms with E-state index in [1.54, 1.807) is 48.9 Å². The molecule has 12 rings (SSSR count). The number of anilines is 2. The average molecular weight is 1440 g/mol. The zero-order valence-electron chi connectivity index (χ0n) is 58.1. The molecule has 0 spiro atoms. The number of imide groups is 1. The van der Waals surface area contributed by atoms with Crippen LogP contribution in [-0.2, 0) is 76.2 Å². The van der Waals surface area contributed by atoms with E-state index in [1.165, 1.54) is 28.4 Å². The fourth-order valence-corrected chi connectivity index (χ4v) is 18.1. The maximum Gasteiger partial charge on any atom is 0.410 e. The Kier molecular flexibility index (Phi) is 22.3. The van der Waals surface area contributed by atoms with Gasteiger partial charge in [-0.25, -0.2) is 29.3 Å². The number of fused-ring (bicyclic) bond motifs is 2.